The topological polar surface area (TPSA) is 73.2 Å². The highest BCUT2D eigenvalue weighted by Gasteiger charge is 2.36. The molecule has 1 fully saturated rings. The minimum Gasteiger partial charge on any atom is -0.381 e. The standard InChI is InChI=1S/C22H22BrN3O3/c1-26-21(28)18-8-3-2-7-17(18)19(25-26)14-20(27)24-22(9-11-29-12-10-22)15-5-4-6-16(23)13-15/h2-8,13H,9-12,14H2,1H3,(H,24,27). The Balaban J connectivity index is 1.65. The molecule has 29 heavy (non-hydrogen) atoms. The van der Waals surface area contributed by atoms with E-state index in [1.165, 1.54) is 4.68 Å². The number of ether oxygens (including phenoxy) is 1. The molecular weight excluding hydrogens is 434 g/mol. The van der Waals surface area contributed by atoms with Crippen LogP contribution in [0.2, 0.25) is 0 Å². The van der Waals surface area contributed by atoms with Crippen molar-refractivity contribution < 1.29 is 9.53 Å². The molecule has 1 saturated heterocycles. The zero-order valence-electron chi connectivity index (χ0n) is 16.2. The molecule has 6 nitrogen and oxygen atoms in total. The largest absolute Gasteiger partial charge is 0.381 e. The van der Waals surface area contributed by atoms with Crippen LogP contribution in [0.1, 0.15) is 24.1 Å². The minimum atomic E-state index is -0.477. The summed E-state index contributed by atoms with van der Waals surface area (Å²) in [6.45, 7) is 1.18. The fourth-order valence-electron chi connectivity index (χ4n) is 3.96. The minimum absolute atomic E-state index is 0.102. The Bertz CT molecular complexity index is 1120. The van der Waals surface area contributed by atoms with Gasteiger partial charge in [-0.3, -0.25) is 9.59 Å². The van der Waals surface area contributed by atoms with Crippen LogP contribution >= 0.6 is 15.9 Å². The van der Waals surface area contributed by atoms with Crippen molar-refractivity contribution in [2.24, 2.45) is 7.05 Å². The molecule has 0 radical (unpaired) electrons. The van der Waals surface area contributed by atoms with Crippen LogP contribution in [0.4, 0.5) is 0 Å². The molecule has 1 aliphatic rings. The zero-order valence-corrected chi connectivity index (χ0v) is 17.7. The Kier molecular flexibility index (Phi) is 5.52. The molecule has 1 amide bonds. The summed E-state index contributed by atoms with van der Waals surface area (Å²) in [4.78, 5) is 25.4. The van der Waals surface area contributed by atoms with Gasteiger partial charge in [-0.25, -0.2) is 4.68 Å². The Morgan fingerprint density at radius 1 is 1.17 bits per heavy atom. The molecule has 1 aliphatic heterocycles. The highest BCUT2D eigenvalue weighted by Crippen LogP contribution is 2.33. The van der Waals surface area contributed by atoms with Crippen molar-refractivity contribution >= 4 is 32.6 Å². The third-order valence-electron chi connectivity index (χ3n) is 5.46. The summed E-state index contributed by atoms with van der Waals surface area (Å²) >= 11 is 3.53. The van der Waals surface area contributed by atoms with Crippen LogP contribution in [0, 0.1) is 0 Å². The van der Waals surface area contributed by atoms with Gasteiger partial charge in [-0.1, -0.05) is 46.3 Å². The molecule has 1 N–H and O–H groups in total. The molecule has 0 spiro atoms. The average Bonchev–Trinajstić information content (AvgIpc) is 2.72. The maximum atomic E-state index is 13.1. The molecule has 0 unspecified atom stereocenters. The highest BCUT2D eigenvalue weighted by molar-refractivity contribution is 9.10. The number of fused-ring (bicyclic) bond motifs is 1. The lowest BCUT2D eigenvalue weighted by atomic mass is 9.82. The fraction of sp³-hybridized carbons (Fsp3) is 0.318. The maximum Gasteiger partial charge on any atom is 0.274 e. The summed E-state index contributed by atoms with van der Waals surface area (Å²) in [5.74, 6) is -0.122. The number of hydrogen-bond acceptors (Lipinski definition) is 4. The lowest BCUT2D eigenvalue weighted by Gasteiger charge is -2.38. The van der Waals surface area contributed by atoms with Gasteiger partial charge in [0.25, 0.3) is 5.56 Å². The van der Waals surface area contributed by atoms with Crippen molar-refractivity contribution in [3.63, 3.8) is 0 Å². The van der Waals surface area contributed by atoms with Gasteiger partial charge in [-0.15, -0.1) is 0 Å². The van der Waals surface area contributed by atoms with Gasteiger partial charge in [0.05, 0.1) is 23.0 Å². The van der Waals surface area contributed by atoms with E-state index in [9.17, 15) is 9.59 Å². The monoisotopic (exact) mass is 455 g/mol. The quantitative estimate of drug-likeness (QED) is 0.655. The summed E-state index contributed by atoms with van der Waals surface area (Å²) in [5.41, 5.74) is 1.01. The van der Waals surface area contributed by atoms with Crippen molar-refractivity contribution in [1.29, 1.82) is 0 Å². The van der Waals surface area contributed by atoms with Crippen molar-refractivity contribution in [3.8, 4) is 0 Å². The number of halogens is 1. The van der Waals surface area contributed by atoms with Crippen molar-refractivity contribution in [1.82, 2.24) is 15.1 Å². The number of carbonyl (C=O) groups is 1. The third kappa shape index (κ3) is 3.97. The van der Waals surface area contributed by atoms with E-state index < -0.39 is 5.54 Å². The second-order valence-electron chi connectivity index (χ2n) is 7.35. The summed E-state index contributed by atoms with van der Waals surface area (Å²) in [6.07, 6.45) is 1.51. The molecule has 0 bridgehead atoms. The number of nitrogens with zero attached hydrogens (tertiary/aromatic N) is 2. The number of carbonyl (C=O) groups excluding carboxylic acids is 1. The molecule has 0 saturated carbocycles. The Morgan fingerprint density at radius 3 is 2.62 bits per heavy atom. The summed E-state index contributed by atoms with van der Waals surface area (Å²) in [6, 6.07) is 15.3. The van der Waals surface area contributed by atoms with Crippen LogP contribution in [0.15, 0.2) is 57.8 Å². The van der Waals surface area contributed by atoms with Gasteiger partial charge in [-0.05, 0) is 36.6 Å². The SMILES string of the molecule is Cn1nc(CC(=O)NC2(c3cccc(Br)c3)CCOCC2)c2ccccc2c1=O. The first kappa shape index (κ1) is 19.8. The predicted octanol–water partition coefficient (Wildman–Crippen LogP) is 3.06. The fourth-order valence-corrected chi connectivity index (χ4v) is 4.36. The van der Waals surface area contributed by atoms with Crippen LogP contribution in [0.25, 0.3) is 10.8 Å². The van der Waals surface area contributed by atoms with Crippen LogP contribution in [0.3, 0.4) is 0 Å². The lowest BCUT2D eigenvalue weighted by Crippen LogP contribution is -2.50. The van der Waals surface area contributed by atoms with E-state index in [0.717, 1.165) is 10.0 Å². The third-order valence-corrected chi connectivity index (χ3v) is 5.96. The van der Waals surface area contributed by atoms with Crippen molar-refractivity contribution in [2.75, 3.05) is 13.2 Å². The molecule has 3 aromatic rings. The van der Waals surface area contributed by atoms with Crippen molar-refractivity contribution in [3.05, 3.63) is 74.6 Å². The van der Waals surface area contributed by atoms with E-state index in [4.69, 9.17) is 4.74 Å². The molecule has 0 aliphatic carbocycles. The Labute approximate surface area is 177 Å². The average molecular weight is 456 g/mol. The highest BCUT2D eigenvalue weighted by atomic mass is 79.9. The predicted molar refractivity (Wildman–Crippen MR) is 115 cm³/mol. The first-order chi connectivity index (χ1) is 14.0. The number of rotatable bonds is 4. The van der Waals surface area contributed by atoms with E-state index in [-0.39, 0.29) is 17.9 Å². The molecule has 2 heterocycles. The van der Waals surface area contributed by atoms with Crippen LogP contribution < -0.4 is 10.9 Å². The number of amides is 1. The molecule has 150 valence electrons. The van der Waals surface area contributed by atoms with E-state index >= 15 is 0 Å². The van der Waals surface area contributed by atoms with E-state index in [0.29, 0.717) is 42.5 Å². The van der Waals surface area contributed by atoms with Gasteiger partial charge in [0.2, 0.25) is 5.91 Å². The lowest BCUT2D eigenvalue weighted by molar-refractivity contribution is -0.123. The molecule has 1 aromatic heterocycles. The molecule has 0 atom stereocenters. The Hall–Kier alpha value is -2.51. The summed E-state index contributed by atoms with van der Waals surface area (Å²) in [7, 11) is 1.61. The first-order valence-corrected chi connectivity index (χ1v) is 10.4. The maximum absolute atomic E-state index is 13.1. The van der Waals surface area contributed by atoms with Gasteiger partial charge in [0, 0.05) is 30.1 Å². The van der Waals surface area contributed by atoms with Crippen LogP contribution in [0.5, 0.6) is 0 Å². The van der Waals surface area contributed by atoms with Crippen molar-refractivity contribution in [2.45, 2.75) is 24.8 Å². The van der Waals surface area contributed by atoms with Gasteiger partial charge in [0.15, 0.2) is 0 Å². The zero-order chi connectivity index (χ0) is 20.4. The van der Waals surface area contributed by atoms with Gasteiger partial charge in [0.1, 0.15) is 0 Å². The number of aromatic nitrogens is 2. The smallest absolute Gasteiger partial charge is 0.274 e. The first-order valence-electron chi connectivity index (χ1n) is 9.58. The van der Waals surface area contributed by atoms with Crippen LogP contribution in [-0.2, 0) is 28.5 Å². The molecule has 4 rings (SSSR count). The number of aryl methyl sites for hydroxylation is 1. The van der Waals surface area contributed by atoms with E-state index in [1.54, 1.807) is 13.1 Å². The van der Waals surface area contributed by atoms with E-state index in [1.807, 2.05) is 42.5 Å². The number of benzene rings is 2. The van der Waals surface area contributed by atoms with Crippen LogP contribution in [-0.4, -0.2) is 28.9 Å². The molecular formula is C22H22BrN3O3. The van der Waals surface area contributed by atoms with Gasteiger partial charge >= 0.3 is 0 Å². The second kappa shape index (κ2) is 8.08. The number of nitrogens with one attached hydrogen (secondary N) is 1. The number of hydrogen-bond donors (Lipinski definition) is 1. The van der Waals surface area contributed by atoms with Gasteiger partial charge < -0.3 is 10.1 Å². The summed E-state index contributed by atoms with van der Waals surface area (Å²) < 4.78 is 7.82. The Morgan fingerprint density at radius 2 is 1.90 bits per heavy atom. The van der Waals surface area contributed by atoms with E-state index in [2.05, 4.69) is 26.3 Å². The molecule has 2 aromatic carbocycles. The normalized spacial score (nSPS) is 15.9. The second-order valence-corrected chi connectivity index (χ2v) is 8.27. The van der Waals surface area contributed by atoms with Gasteiger partial charge in [-0.2, -0.15) is 5.10 Å². The molecule has 7 heteroatoms. The summed E-state index contributed by atoms with van der Waals surface area (Å²) in [5, 5.41) is 8.90.